The van der Waals surface area contributed by atoms with Crippen molar-refractivity contribution in [3.05, 3.63) is 41.9 Å². The van der Waals surface area contributed by atoms with Gasteiger partial charge < -0.3 is 9.73 Å². The maximum Gasteiger partial charge on any atom is 0.417 e. The van der Waals surface area contributed by atoms with Crippen molar-refractivity contribution in [2.24, 2.45) is 0 Å². The van der Waals surface area contributed by atoms with Gasteiger partial charge in [0.1, 0.15) is 0 Å². The van der Waals surface area contributed by atoms with Gasteiger partial charge in [-0.25, -0.2) is 4.98 Å². The van der Waals surface area contributed by atoms with E-state index in [9.17, 15) is 13.2 Å². The SMILES string of the molecule is CCCNC(C)c1ncc(-c2ccccc2C(F)(F)F)o1. The number of aromatic nitrogens is 1. The van der Waals surface area contributed by atoms with E-state index in [2.05, 4.69) is 10.3 Å². The van der Waals surface area contributed by atoms with Crippen molar-refractivity contribution < 1.29 is 17.6 Å². The zero-order valence-electron chi connectivity index (χ0n) is 11.9. The normalized spacial score (nSPS) is 13.4. The molecule has 0 aliphatic rings. The summed E-state index contributed by atoms with van der Waals surface area (Å²) in [6, 6.07) is 5.19. The first-order chi connectivity index (χ1) is 9.93. The van der Waals surface area contributed by atoms with E-state index in [4.69, 9.17) is 4.42 Å². The molecule has 1 unspecified atom stereocenters. The molecule has 114 valence electrons. The summed E-state index contributed by atoms with van der Waals surface area (Å²) < 4.78 is 44.5. The van der Waals surface area contributed by atoms with Crippen molar-refractivity contribution in [1.82, 2.24) is 10.3 Å². The van der Waals surface area contributed by atoms with Gasteiger partial charge in [-0.15, -0.1) is 0 Å². The quantitative estimate of drug-likeness (QED) is 0.888. The summed E-state index contributed by atoms with van der Waals surface area (Å²) in [7, 11) is 0. The fourth-order valence-corrected chi connectivity index (χ4v) is 2.01. The van der Waals surface area contributed by atoms with Crippen LogP contribution in [0.25, 0.3) is 11.3 Å². The Morgan fingerprint density at radius 2 is 2.00 bits per heavy atom. The largest absolute Gasteiger partial charge is 0.439 e. The third-order valence-corrected chi connectivity index (χ3v) is 3.09. The summed E-state index contributed by atoms with van der Waals surface area (Å²) >= 11 is 0. The lowest BCUT2D eigenvalue weighted by Crippen LogP contribution is -2.19. The highest BCUT2D eigenvalue weighted by Crippen LogP contribution is 2.37. The number of oxazole rings is 1. The van der Waals surface area contributed by atoms with Crippen LogP contribution in [0.15, 0.2) is 34.9 Å². The number of nitrogens with zero attached hydrogens (tertiary/aromatic N) is 1. The topological polar surface area (TPSA) is 38.1 Å². The molecule has 1 N–H and O–H groups in total. The maximum atomic E-state index is 13.0. The Labute approximate surface area is 121 Å². The number of nitrogens with one attached hydrogen (secondary N) is 1. The fourth-order valence-electron chi connectivity index (χ4n) is 2.01. The van der Waals surface area contributed by atoms with Gasteiger partial charge in [0, 0.05) is 5.56 Å². The summed E-state index contributed by atoms with van der Waals surface area (Å²) in [5.74, 6) is 0.513. The number of alkyl halides is 3. The highest BCUT2D eigenvalue weighted by Gasteiger charge is 2.34. The van der Waals surface area contributed by atoms with Crippen LogP contribution in [0.5, 0.6) is 0 Å². The Bertz CT molecular complexity index is 593. The molecule has 0 bridgehead atoms. The minimum absolute atomic E-state index is 0.00596. The van der Waals surface area contributed by atoms with E-state index in [1.54, 1.807) is 6.07 Å². The molecular weight excluding hydrogens is 281 g/mol. The third kappa shape index (κ3) is 3.64. The first-order valence-electron chi connectivity index (χ1n) is 6.79. The smallest absolute Gasteiger partial charge is 0.417 e. The summed E-state index contributed by atoms with van der Waals surface area (Å²) in [5, 5.41) is 3.18. The van der Waals surface area contributed by atoms with Crippen LogP contribution in [0.3, 0.4) is 0 Å². The van der Waals surface area contributed by atoms with Gasteiger partial charge >= 0.3 is 6.18 Å². The number of benzene rings is 1. The molecule has 1 aromatic heterocycles. The summed E-state index contributed by atoms with van der Waals surface area (Å²) in [5.41, 5.74) is -0.715. The summed E-state index contributed by atoms with van der Waals surface area (Å²) in [6.45, 7) is 4.68. The molecule has 3 nitrogen and oxygen atoms in total. The Morgan fingerprint density at radius 1 is 1.29 bits per heavy atom. The van der Waals surface area contributed by atoms with Crippen molar-refractivity contribution in [2.45, 2.75) is 32.5 Å². The standard InChI is InChI=1S/C15H17F3N2O/c1-3-8-19-10(2)14-20-9-13(21-14)11-6-4-5-7-12(11)15(16,17)18/h4-7,9-10,19H,3,8H2,1-2H3. The Morgan fingerprint density at radius 3 is 2.67 bits per heavy atom. The van der Waals surface area contributed by atoms with E-state index in [1.807, 2.05) is 13.8 Å². The van der Waals surface area contributed by atoms with Gasteiger partial charge in [0.15, 0.2) is 5.76 Å². The molecule has 6 heteroatoms. The predicted octanol–water partition coefficient (Wildman–Crippen LogP) is 4.42. The van der Waals surface area contributed by atoms with Crippen molar-refractivity contribution >= 4 is 0 Å². The van der Waals surface area contributed by atoms with E-state index in [-0.39, 0.29) is 17.4 Å². The second kappa shape index (κ2) is 6.30. The molecule has 0 saturated heterocycles. The van der Waals surface area contributed by atoms with Crippen LogP contribution < -0.4 is 5.32 Å². The van der Waals surface area contributed by atoms with Crippen molar-refractivity contribution in [1.29, 1.82) is 0 Å². The zero-order valence-corrected chi connectivity index (χ0v) is 11.9. The Hall–Kier alpha value is -1.82. The first-order valence-corrected chi connectivity index (χ1v) is 6.79. The molecule has 0 aliphatic heterocycles. The molecule has 1 atom stereocenters. The minimum atomic E-state index is -4.42. The zero-order chi connectivity index (χ0) is 15.5. The molecule has 1 aromatic carbocycles. The van der Waals surface area contributed by atoms with Crippen LogP contribution >= 0.6 is 0 Å². The highest BCUT2D eigenvalue weighted by molar-refractivity contribution is 5.62. The molecule has 21 heavy (non-hydrogen) atoms. The van der Waals surface area contributed by atoms with E-state index in [1.165, 1.54) is 18.3 Å². The van der Waals surface area contributed by atoms with Crippen molar-refractivity contribution in [3.8, 4) is 11.3 Å². The Kier molecular flexibility index (Phi) is 4.67. The van der Waals surface area contributed by atoms with E-state index < -0.39 is 11.7 Å². The van der Waals surface area contributed by atoms with Crippen molar-refractivity contribution in [3.63, 3.8) is 0 Å². The molecule has 0 aliphatic carbocycles. The van der Waals surface area contributed by atoms with E-state index in [0.717, 1.165) is 19.0 Å². The van der Waals surface area contributed by atoms with Gasteiger partial charge in [0.05, 0.1) is 17.8 Å². The number of rotatable bonds is 5. The second-order valence-electron chi connectivity index (χ2n) is 4.78. The maximum absolute atomic E-state index is 13.0. The average molecular weight is 298 g/mol. The van der Waals surface area contributed by atoms with Gasteiger partial charge in [0.25, 0.3) is 0 Å². The van der Waals surface area contributed by atoms with E-state index >= 15 is 0 Å². The lowest BCUT2D eigenvalue weighted by molar-refractivity contribution is -0.137. The van der Waals surface area contributed by atoms with Crippen molar-refractivity contribution in [2.75, 3.05) is 6.54 Å². The average Bonchev–Trinajstić information content (AvgIpc) is 2.93. The third-order valence-electron chi connectivity index (χ3n) is 3.09. The lowest BCUT2D eigenvalue weighted by atomic mass is 10.1. The molecule has 2 aromatic rings. The van der Waals surface area contributed by atoms with Crippen LogP contribution in [0.4, 0.5) is 13.2 Å². The van der Waals surface area contributed by atoms with Gasteiger partial charge in [-0.3, -0.25) is 0 Å². The van der Waals surface area contributed by atoms with Gasteiger partial charge in [0.2, 0.25) is 5.89 Å². The molecule has 2 rings (SSSR count). The molecule has 1 heterocycles. The Balaban J connectivity index is 2.30. The number of hydrogen-bond donors (Lipinski definition) is 1. The van der Waals surface area contributed by atoms with E-state index in [0.29, 0.717) is 5.89 Å². The van der Waals surface area contributed by atoms with Crippen LogP contribution in [-0.4, -0.2) is 11.5 Å². The molecule has 0 radical (unpaired) electrons. The molecule has 0 saturated carbocycles. The highest BCUT2D eigenvalue weighted by atomic mass is 19.4. The predicted molar refractivity (Wildman–Crippen MR) is 73.6 cm³/mol. The summed E-state index contributed by atoms with van der Waals surface area (Å²) in [4.78, 5) is 4.07. The minimum Gasteiger partial charge on any atom is -0.439 e. The molecule has 0 spiro atoms. The van der Waals surface area contributed by atoms with Crippen LogP contribution in [0, 0.1) is 0 Å². The van der Waals surface area contributed by atoms with Crippen LogP contribution in [-0.2, 0) is 6.18 Å². The van der Waals surface area contributed by atoms with Gasteiger partial charge in [-0.05, 0) is 26.0 Å². The lowest BCUT2D eigenvalue weighted by Gasteiger charge is -2.11. The first kappa shape index (κ1) is 15.6. The molecular formula is C15H17F3N2O. The fraction of sp³-hybridized carbons (Fsp3) is 0.400. The van der Waals surface area contributed by atoms with Gasteiger partial charge in [-0.2, -0.15) is 13.2 Å². The number of hydrogen-bond acceptors (Lipinski definition) is 3. The molecule has 0 fully saturated rings. The van der Waals surface area contributed by atoms with Crippen LogP contribution in [0.2, 0.25) is 0 Å². The number of halogens is 3. The monoisotopic (exact) mass is 298 g/mol. The summed E-state index contributed by atoms with van der Waals surface area (Å²) in [6.07, 6.45) is -2.13. The second-order valence-corrected chi connectivity index (χ2v) is 4.78. The van der Waals surface area contributed by atoms with Gasteiger partial charge in [-0.1, -0.05) is 25.1 Å². The van der Waals surface area contributed by atoms with Crippen LogP contribution in [0.1, 0.15) is 37.8 Å². The molecule has 0 amide bonds.